The van der Waals surface area contributed by atoms with Crippen LogP contribution >= 0.6 is 15.9 Å². The molecule has 1 amide bonds. The van der Waals surface area contributed by atoms with Gasteiger partial charge in [-0.2, -0.15) is 10.2 Å². The molecule has 32 heavy (non-hydrogen) atoms. The first-order chi connectivity index (χ1) is 15.6. The molecule has 0 aliphatic carbocycles. The number of azo groups is 1. The number of aromatic hydroxyl groups is 1. The number of fused-ring (bicyclic) bond motifs is 1. The molecule has 0 spiro atoms. The second kappa shape index (κ2) is 9.98. The fraction of sp³-hybridized carbons (Fsp3) is 0.0400. The zero-order chi connectivity index (χ0) is 22.3. The predicted molar refractivity (Wildman–Crippen MR) is 130 cm³/mol. The second-order valence-corrected chi connectivity index (χ2v) is 7.95. The molecule has 0 aromatic heterocycles. The van der Waals surface area contributed by atoms with Crippen LogP contribution in [-0.2, 0) is 11.2 Å². The SMILES string of the molecule is O=C(Cc1ccc(Br)cc1)NN=Cc1cc(N=Nc2cccc3ccccc23)ccc1O. The van der Waals surface area contributed by atoms with Crippen LogP contribution in [0.4, 0.5) is 11.4 Å². The normalized spacial score (nSPS) is 11.4. The van der Waals surface area contributed by atoms with Crippen molar-refractivity contribution in [1.29, 1.82) is 0 Å². The van der Waals surface area contributed by atoms with E-state index in [4.69, 9.17) is 0 Å². The van der Waals surface area contributed by atoms with Crippen LogP contribution in [-0.4, -0.2) is 17.2 Å². The molecule has 0 bridgehead atoms. The lowest BCUT2D eigenvalue weighted by molar-refractivity contribution is -0.120. The summed E-state index contributed by atoms with van der Waals surface area (Å²) < 4.78 is 0.952. The van der Waals surface area contributed by atoms with Crippen molar-refractivity contribution in [3.05, 3.63) is 101 Å². The lowest BCUT2D eigenvalue weighted by Gasteiger charge is -2.03. The fourth-order valence-electron chi connectivity index (χ4n) is 3.12. The number of hydrogen-bond acceptors (Lipinski definition) is 5. The van der Waals surface area contributed by atoms with E-state index in [-0.39, 0.29) is 18.1 Å². The van der Waals surface area contributed by atoms with E-state index in [2.05, 4.69) is 36.7 Å². The molecule has 4 rings (SSSR count). The summed E-state index contributed by atoms with van der Waals surface area (Å²) in [4.78, 5) is 12.1. The van der Waals surface area contributed by atoms with Crippen LogP contribution in [0.15, 0.2) is 105 Å². The van der Waals surface area contributed by atoms with Gasteiger partial charge in [-0.3, -0.25) is 4.79 Å². The Morgan fingerprint density at radius 3 is 2.56 bits per heavy atom. The summed E-state index contributed by atoms with van der Waals surface area (Å²) in [7, 11) is 0. The van der Waals surface area contributed by atoms with E-state index < -0.39 is 0 Å². The Hall–Kier alpha value is -3.84. The Kier molecular flexibility index (Phi) is 6.67. The Morgan fingerprint density at radius 2 is 1.72 bits per heavy atom. The second-order valence-electron chi connectivity index (χ2n) is 7.04. The third kappa shape index (κ3) is 5.44. The van der Waals surface area contributed by atoms with E-state index in [0.717, 1.165) is 26.5 Å². The Bertz CT molecular complexity index is 1310. The van der Waals surface area contributed by atoms with Crippen LogP contribution < -0.4 is 5.43 Å². The molecule has 0 atom stereocenters. The van der Waals surface area contributed by atoms with Crippen molar-refractivity contribution in [3.63, 3.8) is 0 Å². The molecule has 0 aliphatic rings. The highest BCUT2D eigenvalue weighted by atomic mass is 79.9. The van der Waals surface area contributed by atoms with E-state index in [9.17, 15) is 9.90 Å². The van der Waals surface area contributed by atoms with Crippen molar-refractivity contribution >= 4 is 50.2 Å². The average molecular weight is 487 g/mol. The fourth-order valence-corrected chi connectivity index (χ4v) is 3.38. The van der Waals surface area contributed by atoms with E-state index in [1.165, 1.54) is 12.3 Å². The summed E-state index contributed by atoms with van der Waals surface area (Å²) in [6.45, 7) is 0. The van der Waals surface area contributed by atoms with Gasteiger partial charge in [0, 0.05) is 15.4 Å². The van der Waals surface area contributed by atoms with Crippen molar-refractivity contribution in [2.45, 2.75) is 6.42 Å². The molecule has 0 radical (unpaired) electrons. The average Bonchev–Trinajstić information content (AvgIpc) is 2.81. The molecule has 0 aliphatic heterocycles. The van der Waals surface area contributed by atoms with Crippen molar-refractivity contribution in [3.8, 4) is 5.75 Å². The number of benzene rings is 4. The summed E-state index contributed by atoms with van der Waals surface area (Å²) in [5, 5.41) is 24.8. The predicted octanol–water partition coefficient (Wildman–Crippen LogP) is 6.42. The van der Waals surface area contributed by atoms with Gasteiger partial charge >= 0.3 is 0 Å². The molecule has 0 unspecified atom stereocenters. The van der Waals surface area contributed by atoms with Crippen molar-refractivity contribution < 1.29 is 9.90 Å². The van der Waals surface area contributed by atoms with Gasteiger partial charge in [-0.1, -0.05) is 64.5 Å². The van der Waals surface area contributed by atoms with E-state index in [1.807, 2.05) is 66.7 Å². The molecule has 0 saturated heterocycles. The van der Waals surface area contributed by atoms with Crippen molar-refractivity contribution in [1.82, 2.24) is 5.43 Å². The largest absolute Gasteiger partial charge is 0.507 e. The van der Waals surface area contributed by atoms with E-state index in [0.29, 0.717) is 11.3 Å². The number of carbonyl (C=O) groups is 1. The highest BCUT2D eigenvalue weighted by molar-refractivity contribution is 9.10. The quantitative estimate of drug-likeness (QED) is 0.187. The number of rotatable bonds is 6. The van der Waals surface area contributed by atoms with Crippen LogP contribution in [0.2, 0.25) is 0 Å². The molecular weight excluding hydrogens is 468 g/mol. The van der Waals surface area contributed by atoms with Gasteiger partial charge in [-0.05, 0) is 47.3 Å². The van der Waals surface area contributed by atoms with Gasteiger partial charge in [0.05, 0.1) is 24.0 Å². The molecule has 4 aromatic carbocycles. The molecule has 0 fully saturated rings. The number of hydrogen-bond donors (Lipinski definition) is 2. The van der Waals surface area contributed by atoms with Gasteiger partial charge in [0.15, 0.2) is 0 Å². The number of phenols is 1. The third-order valence-corrected chi connectivity index (χ3v) is 5.25. The standard InChI is InChI=1S/C25H19BrN4O2/c26-20-10-8-17(9-11-20)14-25(32)30-27-16-19-15-21(12-13-24(19)31)28-29-23-7-3-5-18-4-1-2-6-22(18)23/h1-13,15-16,31H,14H2,(H,30,32). The molecule has 0 heterocycles. The van der Waals surface area contributed by atoms with Gasteiger partial charge < -0.3 is 5.11 Å². The van der Waals surface area contributed by atoms with Gasteiger partial charge in [-0.15, -0.1) is 5.11 Å². The maximum atomic E-state index is 12.1. The molecule has 0 saturated carbocycles. The number of nitrogens with zero attached hydrogens (tertiary/aromatic N) is 3. The van der Waals surface area contributed by atoms with Gasteiger partial charge in [-0.25, -0.2) is 5.43 Å². The van der Waals surface area contributed by atoms with Crippen LogP contribution in [0.3, 0.4) is 0 Å². The number of halogens is 1. The van der Waals surface area contributed by atoms with Gasteiger partial charge in [0.2, 0.25) is 5.91 Å². The van der Waals surface area contributed by atoms with E-state index in [1.54, 1.807) is 12.1 Å². The molecule has 7 heteroatoms. The molecule has 158 valence electrons. The van der Waals surface area contributed by atoms with Crippen LogP contribution in [0, 0.1) is 0 Å². The first-order valence-corrected chi connectivity index (χ1v) is 10.7. The Labute approximate surface area is 193 Å². The van der Waals surface area contributed by atoms with Crippen molar-refractivity contribution in [2.75, 3.05) is 0 Å². The first-order valence-electron chi connectivity index (χ1n) is 9.87. The highest BCUT2D eigenvalue weighted by Crippen LogP contribution is 2.28. The number of phenolic OH excluding ortho intramolecular Hbond substituents is 1. The lowest BCUT2D eigenvalue weighted by atomic mass is 10.1. The minimum Gasteiger partial charge on any atom is -0.507 e. The number of amides is 1. The summed E-state index contributed by atoms with van der Waals surface area (Å²) >= 11 is 3.36. The minimum absolute atomic E-state index is 0.0278. The Balaban J connectivity index is 1.44. The molecule has 2 N–H and O–H groups in total. The van der Waals surface area contributed by atoms with Gasteiger partial charge in [0.25, 0.3) is 0 Å². The van der Waals surface area contributed by atoms with Crippen LogP contribution in [0.1, 0.15) is 11.1 Å². The highest BCUT2D eigenvalue weighted by Gasteiger charge is 2.04. The Morgan fingerprint density at radius 1 is 0.938 bits per heavy atom. The topological polar surface area (TPSA) is 86.4 Å². The van der Waals surface area contributed by atoms with E-state index >= 15 is 0 Å². The van der Waals surface area contributed by atoms with Gasteiger partial charge in [0.1, 0.15) is 5.75 Å². The zero-order valence-electron chi connectivity index (χ0n) is 16.9. The number of hydrazone groups is 1. The molecule has 6 nitrogen and oxygen atoms in total. The summed E-state index contributed by atoms with van der Waals surface area (Å²) in [5.74, 6) is -0.227. The number of nitrogens with one attached hydrogen (secondary N) is 1. The first kappa shape index (κ1) is 21.4. The zero-order valence-corrected chi connectivity index (χ0v) is 18.5. The van der Waals surface area contributed by atoms with Crippen LogP contribution in [0.25, 0.3) is 10.8 Å². The van der Waals surface area contributed by atoms with Crippen molar-refractivity contribution in [2.24, 2.45) is 15.3 Å². The maximum absolute atomic E-state index is 12.1. The summed E-state index contributed by atoms with van der Waals surface area (Å²) in [5.41, 5.74) is 5.08. The number of carbonyl (C=O) groups excluding carboxylic acids is 1. The molecular formula is C25H19BrN4O2. The summed E-state index contributed by atoms with van der Waals surface area (Å²) in [6.07, 6.45) is 1.58. The third-order valence-electron chi connectivity index (χ3n) is 4.72. The minimum atomic E-state index is -0.255. The summed E-state index contributed by atoms with van der Waals surface area (Å²) in [6, 6.07) is 26.1. The molecule has 4 aromatic rings. The van der Waals surface area contributed by atoms with Crippen LogP contribution in [0.5, 0.6) is 5.75 Å². The lowest BCUT2D eigenvalue weighted by Crippen LogP contribution is -2.19. The smallest absolute Gasteiger partial charge is 0.244 e. The monoisotopic (exact) mass is 486 g/mol. The maximum Gasteiger partial charge on any atom is 0.244 e.